The van der Waals surface area contributed by atoms with Gasteiger partial charge >= 0.3 is 0 Å². The molecule has 1 atom stereocenters. The first-order valence-electron chi connectivity index (χ1n) is 6.04. The summed E-state index contributed by atoms with van der Waals surface area (Å²) in [4.78, 5) is 12.2. The molecule has 0 saturated heterocycles. The van der Waals surface area contributed by atoms with Crippen molar-refractivity contribution in [1.82, 2.24) is 5.32 Å². The summed E-state index contributed by atoms with van der Waals surface area (Å²) < 4.78 is 0.659. The highest BCUT2D eigenvalue weighted by molar-refractivity contribution is 9.10. The Bertz CT molecular complexity index is 604. The molecule has 2 rings (SSSR count). The van der Waals surface area contributed by atoms with Gasteiger partial charge in [-0.3, -0.25) is 4.79 Å². The van der Waals surface area contributed by atoms with E-state index in [1.165, 1.54) is 0 Å². The van der Waals surface area contributed by atoms with Crippen molar-refractivity contribution < 1.29 is 9.90 Å². The lowest BCUT2D eigenvalue weighted by Gasteiger charge is -2.17. The van der Waals surface area contributed by atoms with Gasteiger partial charge in [0.15, 0.2) is 0 Å². The van der Waals surface area contributed by atoms with Crippen LogP contribution in [-0.2, 0) is 0 Å². The second-order valence-corrected chi connectivity index (χ2v) is 5.45. The van der Waals surface area contributed by atoms with Gasteiger partial charge in [0.2, 0.25) is 0 Å². The Balaban J connectivity index is 2.20. The summed E-state index contributed by atoms with van der Waals surface area (Å²) in [5.41, 5.74) is 1.21. The summed E-state index contributed by atoms with van der Waals surface area (Å²) in [5, 5.41) is 12.6. The lowest BCUT2D eigenvalue weighted by Crippen LogP contribution is -2.31. The van der Waals surface area contributed by atoms with Crippen molar-refractivity contribution in [1.29, 1.82) is 0 Å². The predicted octanol–water partition coefficient (Wildman–Crippen LogP) is 3.57. The molecule has 0 spiro atoms. The van der Waals surface area contributed by atoms with Crippen LogP contribution in [0.15, 0.2) is 53.0 Å². The summed E-state index contributed by atoms with van der Waals surface area (Å²) in [7, 11) is 0. The molecule has 2 N–H and O–H groups in total. The van der Waals surface area contributed by atoms with Crippen LogP contribution in [0.5, 0.6) is 0 Å². The largest absolute Gasteiger partial charge is 0.394 e. The summed E-state index contributed by atoms with van der Waals surface area (Å²) in [6, 6.07) is 14.0. The van der Waals surface area contributed by atoms with E-state index in [0.717, 1.165) is 5.56 Å². The van der Waals surface area contributed by atoms with Gasteiger partial charge in [0.25, 0.3) is 5.91 Å². The smallest absolute Gasteiger partial charge is 0.253 e. The number of hydrogen-bond acceptors (Lipinski definition) is 2. The van der Waals surface area contributed by atoms with Crippen molar-refractivity contribution in [2.24, 2.45) is 0 Å². The fourth-order valence-corrected chi connectivity index (χ4v) is 2.41. The topological polar surface area (TPSA) is 49.3 Å². The maximum atomic E-state index is 12.2. The fourth-order valence-electron chi connectivity index (χ4n) is 1.83. The van der Waals surface area contributed by atoms with E-state index in [9.17, 15) is 9.90 Å². The molecule has 0 aliphatic heterocycles. The maximum absolute atomic E-state index is 12.2. The third-order valence-corrected chi connectivity index (χ3v) is 4.18. The Kier molecular flexibility index (Phi) is 5.17. The average Bonchev–Trinajstić information content (AvgIpc) is 2.48. The van der Waals surface area contributed by atoms with Crippen molar-refractivity contribution in [3.63, 3.8) is 0 Å². The monoisotopic (exact) mass is 353 g/mol. The number of carbonyl (C=O) groups is 1. The molecule has 0 heterocycles. The van der Waals surface area contributed by atoms with Crippen LogP contribution in [0.25, 0.3) is 0 Å². The third-order valence-electron chi connectivity index (χ3n) is 2.89. The van der Waals surface area contributed by atoms with Crippen LogP contribution in [0.4, 0.5) is 0 Å². The van der Waals surface area contributed by atoms with Crippen LogP contribution in [0.3, 0.4) is 0 Å². The molecule has 2 aromatic carbocycles. The van der Waals surface area contributed by atoms with Crippen molar-refractivity contribution >= 4 is 33.4 Å². The quantitative estimate of drug-likeness (QED) is 0.882. The number of nitrogens with one attached hydrogen (secondary N) is 1. The number of amides is 1. The average molecular weight is 355 g/mol. The molecule has 5 heteroatoms. The van der Waals surface area contributed by atoms with Gasteiger partial charge in [-0.25, -0.2) is 0 Å². The lowest BCUT2D eigenvalue weighted by atomic mass is 10.1. The molecular weight excluding hydrogens is 342 g/mol. The summed E-state index contributed by atoms with van der Waals surface area (Å²) in [5.74, 6) is -0.320. The molecule has 0 unspecified atom stereocenters. The molecule has 0 aliphatic carbocycles. The number of hydrogen-bond donors (Lipinski definition) is 2. The molecule has 0 radical (unpaired) electrons. The molecule has 104 valence electrons. The van der Waals surface area contributed by atoms with Gasteiger partial charge in [-0.2, -0.15) is 0 Å². The number of halogens is 2. The molecule has 20 heavy (non-hydrogen) atoms. The lowest BCUT2D eigenvalue weighted by molar-refractivity contribution is 0.0916. The molecule has 0 aliphatic rings. The predicted molar refractivity (Wildman–Crippen MR) is 82.9 cm³/mol. The zero-order valence-corrected chi connectivity index (χ0v) is 12.9. The summed E-state index contributed by atoms with van der Waals surface area (Å²) in [6.07, 6.45) is 0. The number of rotatable bonds is 4. The Morgan fingerprint density at radius 1 is 1.20 bits per heavy atom. The fraction of sp³-hybridized carbons (Fsp3) is 0.133. The first-order chi connectivity index (χ1) is 9.63. The van der Waals surface area contributed by atoms with Gasteiger partial charge < -0.3 is 10.4 Å². The van der Waals surface area contributed by atoms with Crippen molar-refractivity contribution in [2.45, 2.75) is 6.04 Å². The standard InChI is InChI=1S/C15H13BrClNO2/c16-12-8-4-7-11(14(12)17)15(20)18-13(9-19)10-5-2-1-3-6-10/h1-8,13,19H,9H2,(H,18,20)/t13-/m0/s1. The van der Waals surface area contributed by atoms with Gasteiger partial charge in [-0.1, -0.05) is 48.0 Å². The Hall–Kier alpha value is -1.36. The molecule has 0 bridgehead atoms. The highest BCUT2D eigenvalue weighted by atomic mass is 79.9. The van der Waals surface area contributed by atoms with Crippen molar-refractivity contribution in [2.75, 3.05) is 6.61 Å². The van der Waals surface area contributed by atoms with Crippen LogP contribution >= 0.6 is 27.5 Å². The number of aliphatic hydroxyl groups excluding tert-OH is 1. The van der Waals surface area contributed by atoms with E-state index in [-0.39, 0.29) is 12.5 Å². The van der Waals surface area contributed by atoms with Crippen LogP contribution < -0.4 is 5.32 Å². The van der Waals surface area contributed by atoms with E-state index < -0.39 is 6.04 Å². The molecular formula is C15H13BrClNO2. The van der Waals surface area contributed by atoms with E-state index >= 15 is 0 Å². The second kappa shape index (κ2) is 6.88. The Morgan fingerprint density at radius 3 is 2.55 bits per heavy atom. The Labute approximate surface area is 130 Å². The van der Waals surface area contributed by atoms with Gasteiger partial charge in [0.05, 0.1) is 23.2 Å². The second-order valence-electron chi connectivity index (χ2n) is 4.22. The molecule has 1 amide bonds. The van der Waals surface area contributed by atoms with Crippen LogP contribution in [0.1, 0.15) is 22.0 Å². The first kappa shape index (κ1) is 15.0. The maximum Gasteiger partial charge on any atom is 0.253 e. The summed E-state index contributed by atoms with van der Waals surface area (Å²) in [6.45, 7) is -0.179. The number of carbonyl (C=O) groups excluding carboxylic acids is 1. The zero-order chi connectivity index (χ0) is 14.5. The van der Waals surface area contributed by atoms with Gasteiger partial charge in [0.1, 0.15) is 0 Å². The van der Waals surface area contributed by atoms with Crippen LogP contribution in [-0.4, -0.2) is 17.6 Å². The van der Waals surface area contributed by atoms with E-state index in [1.807, 2.05) is 30.3 Å². The van der Waals surface area contributed by atoms with Gasteiger partial charge in [0, 0.05) is 4.47 Å². The van der Waals surface area contributed by atoms with Crippen LogP contribution in [0.2, 0.25) is 5.02 Å². The molecule has 0 saturated carbocycles. The van der Waals surface area contributed by atoms with Crippen LogP contribution in [0, 0.1) is 0 Å². The van der Waals surface area contributed by atoms with Crippen molar-refractivity contribution in [3.8, 4) is 0 Å². The SMILES string of the molecule is O=C(N[C@@H](CO)c1ccccc1)c1cccc(Br)c1Cl. The third kappa shape index (κ3) is 3.39. The number of aliphatic hydroxyl groups is 1. The van der Waals surface area contributed by atoms with Gasteiger partial charge in [-0.15, -0.1) is 0 Å². The summed E-state index contributed by atoms with van der Waals surface area (Å²) >= 11 is 9.37. The highest BCUT2D eigenvalue weighted by Crippen LogP contribution is 2.26. The molecule has 2 aromatic rings. The Morgan fingerprint density at radius 2 is 1.90 bits per heavy atom. The zero-order valence-electron chi connectivity index (χ0n) is 10.5. The van der Waals surface area contributed by atoms with E-state index in [1.54, 1.807) is 18.2 Å². The van der Waals surface area contributed by atoms with Gasteiger partial charge in [-0.05, 0) is 33.6 Å². The molecule has 0 fully saturated rings. The minimum atomic E-state index is -0.459. The van der Waals surface area contributed by atoms with E-state index in [2.05, 4.69) is 21.2 Å². The molecule has 0 aromatic heterocycles. The molecule has 3 nitrogen and oxygen atoms in total. The van der Waals surface area contributed by atoms with E-state index in [4.69, 9.17) is 11.6 Å². The highest BCUT2D eigenvalue weighted by Gasteiger charge is 2.17. The minimum Gasteiger partial charge on any atom is -0.394 e. The normalized spacial score (nSPS) is 11.9. The number of benzene rings is 2. The van der Waals surface area contributed by atoms with Crippen molar-refractivity contribution in [3.05, 3.63) is 69.2 Å². The first-order valence-corrected chi connectivity index (χ1v) is 7.21. The minimum absolute atomic E-state index is 0.179. The van der Waals surface area contributed by atoms with E-state index in [0.29, 0.717) is 15.1 Å².